The van der Waals surface area contributed by atoms with E-state index in [-0.39, 0.29) is 11.7 Å². The monoisotopic (exact) mass is 307 g/mol. The molecule has 0 spiro atoms. The van der Waals surface area contributed by atoms with Gasteiger partial charge in [-0.3, -0.25) is 15.3 Å². The highest BCUT2D eigenvalue weighted by Crippen LogP contribution is 2.63. The summed E-state index contributed by atoms with van der Waals surface area (Å²) in [5.41, 5.74) is -2.96. The van der Waals surface area contributed by atoms with Crippen molar-refractivity contribution in [1.29, 1.82) is 0 Å². The van der Waals surface area contributed by atoms with Gasteiger partial charge in [-0.05, 0) is 6.07 Å². The maximum absolute atomic E-state index is 14.3. The summed E-state index contributed by atoms with van der Waals surface area (Å²) >= 11 is 5.62. The Kier molecular flexibility index (Phi) is 2.82. The molecule has 1 aliphatic carbocycles. The van der Waals surface area contributed by atoms with Crippen molar-refractivity contribution >= 4 is 17.4 Å². The average Bonchev–Trinajstić information content (AvgIpc) is 2.81. The molecule has 0 aromatic carbocycles. The molecular weight excluding hydrogens is 297 g/mol. The van der Waals surface area contributed by atoms with Gasteiger partial charge in [0, 0.05) is 6.20 Å². The Hall–Kier alpha value is -1.26. The smallest absolute Gasteiger partial charge is 0.351 e. The lowest BCUT2D eigenvalue weighted by molar-refractivity contribution is -0.0868. The summed E-state index contributed by atoms with van der Waals surface area (Å²) in [4.78, 5) is 15.1. The van der Waals surface area contributed by atoms with E-state index in [0.717, 1.165) is 10.8 Å². The summed E-state index contributed by atoms with van der Waals surface area (Å²) < 4.78 is 20.4. The molecule has 4 N–H and O–H groups in total. The number of aliphatic hydroxyl groups is 2. The highest BCUT2D eigenvalue weighted by molar-refractivity contribution is 6.19. The summed E-state index contributed by atoms with van der Waals surface area (Å²) in [6, 6.07) is 1.22. The van der Waals surface area contributed by atoms with Gasteiger partial charge in [0.05, 0.1) is 5.88 Å². The normalized spacial score (nSPS) is 42.4. The van der Waals surface area contributed by atoms with Crippen LogP contribution in [0.1, 0.15) is 6.23 Å². The van der Waals surface area contributed by atoms with Crippen molar-refractivity contribution < 1.29 is 24.5 Å². The number of nitrogens with zero attached hydrogens (tertiary/aromatic N) is 2. The van der Waals surface area contributed by atoms with Gasteiger partial charge in [-0.15, -0.1) is 11.6 Å². The fourth-order valence-corrected chi connectivity index (χ4v) is 3.03. The number of fused-ring (bicyclic) bond motifs is 1. The fraction of sp³-hybridized carbons (Fsp3) is 0.600. The molecule has 10 heteroatoms. The standard InChI is InChI=1S/C10H11ClFN3O5/c11-3-9-7(16)10(9,18)5(12)6(20-9)15-2-1-4(14-19)13-8(15)17/h1-2,5-7,16,18-19H,3H2,(H,13,14,17)/t5-,6+,7?,9+,10+/m0/s1. The molecule has 2 heterocycles. The zero-order valence-corrected chi connectivity index (χ0v) is 10.7. The lowest BCUT2D eigenvalue weighted by atomic mass is 10.1. The molecule has 1 aromatic heterocycles. The maximum atomic E-state index is 14.3. The molecule has 1 aliphatic heterocycles. The highest BCUT2D eigenvalue weighted by Gasteiger charge is 2.87. The number of hydrogen-bond donors (Lipinski definition) is 4. The molecule has 1 saturated carbocycles. The van der Waals surface area contributed by atoms with Crippen LogP contribution in [0, 0.1) is 0 Å². The fourth-order valence-electron chi connectivity index (χ4n) is 2.61. The first-order valence-electron chi connectivity index (χ1n) is 5.70. The van der Waals surface area contributed by atoms with E-state index >= 15 is 0 Å². The number of anilines is 1. The highest BCUT2D eigenvalue weighted by atomic mass is 35.5. The molecule has 2 fully saturated rings. The Morgan fingerprint density at radius 3 is 2.85 bits per heavy atom. The Bertz CT molecular complexity index is 611. The van der Waals surface area contributed by atoms with Gasteiger partial charge in [-0.2, -0.15) is 4.98 Å². The minimum atomic E-state index is -2.13. The molecule has 0 bridgehead atoms. The lowest BCUT2D eigenvalue weighted by Crippen LogP contribution is -2.38. The van der Waals surface area contributed by atoms with Gasteiger partial charge >= 0.3 is 5.69 Å². The van der Waals surface area contributed by atoms with Crippen LogP contribution in [0.3, 0.4) is 0 Å². The minimum absolute atomic E-state index is 0.115. The number of ether oxygens (including phenoxy) is 1. The number of hydrogen-bond acceptors (Lipinski definition) is 7. The Balaban J connectivity index is 1.97. The van der Waals surface area contributed by atoms with E-state index in [9.17, 15) is 19.4 Å². The van der Waals surface area contributed by atoms with Crippen molar-refractivity contribution in [3.63, 3.8) is 0 Å². The van der Waals surface area contributed by atoms with Crippen LogP contribution in [0.25, 0.3) is 0 Å². The second-order valence-electron chi connectivity index (χ2n) is 4.78. The van der Waals surface area contributed by atoms with E-state index in [1.165, 1.54) is 6.07 Å². The van der Waals surface area contributed by atoms with Crippen LogP contribution < -0.4 is 11.2 Å². The third-order valence-electron chi connectivity index (χ3n) is 3.87. The van der Waals surface area contributed by atoms with E-state index in [1.807, 2.05) is 0 Å². The largest absolute Gasteiger partial charge is 0.387 e. The Morgan fingerprint density at radius 2 is 2.35 bits per heavy atom. The quantitative estimate of drug-likeness (QED) is 0.418. The van der Waals surface area contributed by atoms with Crippen LogP contribution in [0.4, 0.5) is 10.2 Å². The van der Waals surface area contributed by atoms with Gasteiger partial charge in [0.15, 0.2) is 23.8 Å². The molecule has 20 heavy (non-hydrogen) atoms. The first-order valence-corrected chi connectivity index (χ1v) is 6.23. The number of alkyl halides is 2. The molecule has 1 saturated heterocycles. The SMILES string of the molecule is O=c1nc(NO)ccn1[C@@H]1O[C@]2(CCl)C(O)[C@]2(O)[C@H]1F. The van der Waals surface area contributed by atoms with Gasteiger partial charge in [0.25, 0.3) is 0 Å². The van der Waals surface area contributed by atoms with Gasteiger partial charge in [0.2, 0.25) is 0 Å². The van der Waals surface area contributed by atoms with Crippen molar-refractivity contribution in [1.82, 2.24) is 9.55 Å². The second kappa shape index (κ2) is 4.12. The minimum Gasteiger partial charge on any atom is -0.387 e. The summed E-state index contributed by atoms with van der Waals surface area (Å²) in [6.45, 7) is 0. The van der Waals surface area contributed by atoms with Crippen LogP contribution in [0.2, 0.25) is 0 Å². The lowest BCUT2D eigenvalue weighted by Gasteiger charge is -2.21. The summed E-state index contributed by atoms with van der Waals surface area (Å²) in [7, 11) is 0. The van der Waals surface area contributed by atoms with Crippen LogP contribution in [0.5, 0.6) is 0 Å². The van der Waals surface area contributed by atoms with Crippen LogP contribution in [-0.4, -0.2) is 54.3 Å². The molecule has 5 atom stereocenters. The van der Waals surface area contributed by atoms with Gasteiger partial charge < -0.3 is 14.9 Å². The van der Waals surface area contributed by atoms with Crippen molar-refractivity contribution in [2.45, 2.75) is 29.7 Å². The molecule has 8 nitrogen and oxygen atoms in total. The molecule has 0 amide bonds. The maximum Gasteiger partial charge on any atom is 0.351 e. The van der Waals surface area contributed by atoms with Gasteiger partial charge in [0.1, 0.15) is 11.7 Å². The topological polar surface area (TPSA) is 117 Å². The molecule has 0 radical (unpaired) electrons. The number of aliphatic hydroxyl groups excluding tert-OH is 1. The zero-order chi connectivity index (χ0) is 14.7. The van der Waals surface area contributed by atoms with Crippen molar-refractivity contribution in [2.24, 2.45) is 0 Å². The zero-order valence-electron chi connectivity index (χ0n) is 9.90. The predicted octanol–water partition coefficient (Wildman–Crippen LogP) is -1.01. The average molecular weight is 308 g/mol. The first kappa shape index (κ1) is 13.7. The van der Waals surface area contributed by atoms with Crippen molar-refractivity contribution in [3.05, 3.63) is 22.7 Å². The van der Waals surface area contributed by atoms with Crippen LogP contribution in [0.15, 0.2) is 17.1 Å². The second-order valence-corrected chi connectivity index (χ2v) is 5.04. The molecule has 2 aliphatic rings. The Labute approximate surface area is 116 Å². The van der Waals surface area contributed by atoms with E-state index < -0.39 is 35.4 Å². The summed E-state index contributed by atoms with van der Waals surface area (Å²) in [6.07, 6.45) is -3.78. The van der Waals surface area contributed by atoms with Crippen LogP contribution >= 0.6 is 11.6 Å². The van der Waals surface area contributed by atoms with Crippen LogP contribution in [-0.2, 0) is 4.74 Å². The third kappa shape index (κ3) is 1.38. The van der Waals surface area contributed by atoms with E-state index in [1.54, 1.807) is 5.48 Å². The van der Waals surface area contributed by atoms with E-state index in [0.29, 0.717) is 0 Å². The summed E-state index contributed by atoms with van der Waals surface area (Å²) in [5.74, 6) is -0.435. The predicted molar refractivity (Wildman–Crippen MR) is 63.3 cm³/mol. The number of nitrogens with one attached hydrogen (secondary N) is 1. The molecule has 1 aromatic rings. The number of aromatic nitrogens is 2. The molecule has 1 unspecified atom stereocenters. The molecule has 110 valence electrons. The Morgan fingerprint density at radius 1 is 1.65 bits per heavy atom. The van der Waals surface area contributed by atoms with Crippen molar-refractivity contribution in [2.75, 3.05) is 11.4 Å². The summed E-state index contributed by atoms with van der Waals surface area (Å²) in [5, 5.41) is 28.3. The van der Waals surface area contributed by atoms with Gasteiger partial charge in [-0.1, -0.05) is 0 Å². The number of rotatable bonds is 3. The third-order valence-corrected chi connectivity index (χ3v) is 4.27. The molecule has 3 rings (SSSR count). The van der Waals surface area contributed by atoms with Gasteiger partial charge in [-0.25, -0.2) is 9.18 Å². The van der Waals surface area contributed by atoms with Crippen molar-refractivity contribution in [3.8, 4) is 0 Å². The van der Waals surface area contributed by atoms with E-state index in [2.05, 4.69) is 4.98 Å². The number of halogens is 2. The first-order chi connectivity index (χ1) is 9.42. The molecular formula is C10H11ClFN3O5. The van der Waals surface area contributed by atoms with E-state index in [4.69, 9.17) is 21.5 Å².